The van der Waals surface area contributed by atoms with Crippen LogP contribution in [0, 0.1) is 0 Å². The highest BCUT2D eigenvalue weighted by Gasteiger charge is 2.24. The van der Waals surface area contributed by atoms with Crippen molar-refractivity contribution in [2.45, 2.75) is 0 Å². The Morgan fingerprint density at radius 2 is 0.864 bits per heavy atom. The molecule has 7 heteroatoms. The van der Waals surface area contributed by atoms with Gasteiger partial charge in [0.1, 0.15) is 22.3 Å². The Bertz CT molecular complexity index is 4330. The molecule has 0 saturated carbocycles. The summed E-state index contributed by atoms with van der Waals surface area (Å²) in [4.78, 5) is 16.4. The average Bonchev–Trinajstić information content (AvgIpc) is 4.13. The summed E-state index contributed by atoms with van der Waals surface area (Å²) in [6.45, 7) is 0. The number of aromatic nitrogens is 4. The van der Waals surface area contributed by atoms with E-state index in [1.807, 2.05) is 42.5 Å². The first-order chi connectivity index (χ1) is 32.7. The lowest BCUT2D eigenvalue weighted by molar-refractivity contribution is 0.668. The van der Waals surface area contributed by atoms with Crippen molar-refractivity contribution < 1.29 is 8.83 Å². The van der Waals surface area contributed by atoms with Crippen molar-refractivity contribution >= 4 is 119 Å². The van der Waals surface area contributed by atoms with Crippen LogP contribution in [0.2, 0.25) is 0 Å². The summed E-state index contributed by atoms with van der Waals surface area (Å²) in [6, 6.07) is 68.6. The Hall–Kier alpha value is -8.65. The van der Waals surface area contributed by atoms with Crippen LogP contribution in [-0.2, 0) is 0 Å². The Labute approximate surface area is 379 Å². The van der Waals surface area contributed by atoms with E-state index >= 15 is 0 Å². The highest BCUT2D eigenvalue weighted by atomic mass is 32.1. The number of hydrogen-bond donors (Lipinski definition) is 0. The van der Waals surface area contributed by atoms with Gasteiger partial charge in [-0.3, -0.25) is 0 Å². The molecule has 0 aliphatic rings. The number of nitrogens with zero attached hydrogens (tertiary/aromatic N) is 4. The van der Waals surface area contributed by atoms with E-state index in [1.54, 1.807) is 11.3 Å². The largest absolute Gasteiger partial charge is 0.456 e. The van der Waals surface area contributed by atoms with Crippen molar-refractivity contribution in [1.29, 1.82) is 0 Å². The van der Waals surface area contributed by atoms with Gasteiger partial charge in [-0.15, -0.1) is 11.3 Å². The molecule has 15 aromatic rings. The summed E-state index contributed by atoms with van der Waals surface area (Å²) in [5.74, 6) is 1.64. The zero-order valence-electron chi connectivity index (χ0n) is 35.0. The van der Waals surface area contributed by atoms with Crippen molar-refractivity contribution in [1.82, 2.24) is 19.5 Å². The van der Waals surface area contributed by atoms with Gasteiger partial charge in [0.05, 0.1) is 16.6 Å². The van der Waals surface area contributed by atoms with Crippen LogP contribution in [0.25, 0.3) is 147 Å². The maximum atomic E-state index is 6.90. The van der Waals surface area contributed by atoms with Crippen LogP contribution < -0.4 is 0 Å². The third-order valence-electron chi connectivity index (χ3n) is 13.4. The summed E-state index contributed by atoms with van der Waals surface area (Å²) >= 11 is 1.78. The van der Waals surface area contributed by atoms with Gasteiger partial charge in [-0.2, -0.15) is 0 Å². The second-order valence-electron chi connectivity index (χ2n) is 17.1. The van der Waals surface area contributed by atoms with Gasteiger partial charge in [-0.25, -0.2) is 15.0 Å². The summed E-state index contributed by atoms with van der Waals surface area (Å²) in [6.07, 6.45) is 0. The number of para-hydroxylation sites is 2. The van der Waals surface area contributed by atoms with Crippen molar-refractivity contribution in [3.63, 3.8) is 0 Å². The highest BCUT2D eigenvalue weighted by molar-refractivity contribution is 7.25. The molecule has 0 spiro atoms. The summed E-state index contributed by atoms with van der Waals surface area (Å²) in [7, 11) is 0. The Morgan fingerprint density at radius 1 is 0.348 bits per heavy atom. The normalized spacial score (nSPS) is 12.2. The van der Waals surface area contributed by atoms with E-state index in [0.29, 0.717) is 23.1 Å². The van der Waals surface area contributed by atoms with E-state index in [4.69, 9.17) is 23.8 Å². The van der Waals surface area contributed by atoms with Gasteiger partial charge in [-0.05, 0) is 88.3 Å². The summed E-state index contributed by atoms with van der Waals surface area (Å²) in [5.41, 5.74) is 8.88. The van der Waals surface area contributed by atoms with Crippen LogP contribution in [0.4, 0.5) is 0 Å². The molecule has 6 nitrogen and oxygen atoms in total. The molecule has 5 heterocycles. The fraction of sp³-hybridized carbons (Fsp3) is 0. The van der Waals surface area contributed by atoms with Gasteiger partial charge in [0.15, 0.2) is 17.5 Å². The highest BCUT2D eigenvalue weighted by Crippen LogP contribution is 2.45. The molecule has 0 atom stereocenters. The third-order valence-corrected chi connectivity index (χ3v) is 14.5. The van der Waals surface area contributed by atoms with Crippen LogP contribution >= 0.6 is 11.3 Å². The first-order valence-corrected chi connectivity index (χ1v) is 22.9. The molecule has 0 fully saturated rings. The van der Waals surface area contributed by atoms with E-state index in [9.17, 15) is 0 Å². The van der Waals surface area contributed by atoms with Gasteiger partial charge < -0.3 is 13.4 Å². The van der Waals surface area contributed by atoms with Crippen LogP contribution in [0.1, 0.15) is 0 Å². The molecule has 0 aliphatic carbocycles. The first kappa shape index (κ1) is 35.8. The topological polar surface area (TPSA) is 69.9 Å². The Kier molecular flexibility index (Phi) is 7.28. The molecule has 0 N–H and O–H groups in total. The predicted molar refractivity (Wildman–Crippen MR) is 273 cm³/mol. The van der Waals surface area contributed by atoms with E-state index in [2.05, 4.69) is 156 Å². The molecule has 0 unspecified atom stereocenters. The quantitative estimate of drug-likeness (QED) is 0.176. The zero-order valence-corrected chi connectivity index (χ0v) is 35.8. The van der Waals surface area contributed by atoms with Crippen molar-refractivity contribution in [3.8, 4) is 39.9 Å². The van der Waals surface area contributed by atoms with E-state index in [-0.39, 0.29) is 0 Å². The van der Waals surface area contributed by atoms with Crippen molar-refractivity contribution in [3.05, 3.63) is 194 Å². The number of furan rings is 2. The van der Waals surface area contributed by atoms with Crippen molar-refractivity contribution in [2.24, 2.45) is 0 Å². The zero-order chi connectivity index (χ0) is 43.0. The molecule has 0 amide bonds. The molecule has 15 rings (SSSR count). The molecule has 0 aliphatic heterocycles. The second kappa shape index (κ2) is 13.4. The minimum absolute atomic E-state index is 0.513. The van der Waals surface area contributed by atoms with Crippen LogP contribution in [-0.4, -0.2) is 19.5 Å². The lowest BCUT2D eigenvalue weighted by Crippen LogP contribution is -2.02. The van der Waals surface area contributed by atoms with Gasteiger partial charge in [0.25, 0.3) is 0 Å². The van der Waals surface area contributed by atoms with Gasteiger partial charge >= 0.3 is 0 Å². The van der Waals surface area contributed by atoms with Gasteiger partial charge in [-0.1, -0.05) is 127 Å². The van der Waals surface area contributed by atoms with E-state index < -0.39 is 0 Å². The molecule has 66 heavy (non-hydrogen) atoms. The van der Waals surface area contributed by atoms with Gasteiger partial charge in [0, 0.05) is 69.3 Å². The van der Waals surface area contributed by atoms with E-state index in [0.717, 1.165) is 77.1 Å². The van der Waals surface area contributed by atoms with E-state index in [1.165, 1.54) is 47.1 Å². The molecular formula is C59H32N4O2S. The molecule has 306 valence electrons. The average molecular weight is 861 g/mol. The number of fused-ring (bicyclic) bond motifs is 14. The minimum atomic E-state index is 0.513. The number of hydrogen-bond acceptors (Lipinski definition) is 6. The van der Waals surface area contributed by atoms with Gasteiger partial charge in [0.2, 0.25) is 0 Å². The minimum Gasteiger partial charge on any atom is -0.456 e. The number of thiophene rings is 1. The molecule has 0 bridgehead atoms. The lowest BCUT2D eigenvalue weighted by atomic mass is 10.0. The molecule has 0 saturated heterocycles. The maximum Gasteiger partial charge on any atom is 0.167 e. The fourth-order valence-corrected chi connectivity index (χ4v) is 11.6. The fourth-order valence-electron chi connectivity index (χ4n) is 10.4. The predicted octanol–water partition coefficient (Wildman–Crippen LogP) is 16.4. The standard InChI is InChI=1S/C59H32N4O2S/c1-3-15-35-29-47-43(27-33(35)13-1)44-28-34-14-2-4-16-36(34)30-48(44)63(47)37-31-45-38-17-5-8-22-49(38)65-56(45)46(32-37)59-61-57(41-20-11-24-51-54(41)39-18-6-9-23-50(39)64-51)60-58(62-59)42-21-12-26-53-55(42)40-19-7-10-25-52(40)66-53/h1-32H. The Balaban J connectivity index is 1.08. The molecule has 10 aromatic carbocycles. The maximum absolute atomic E-state index is 6.90. The van der Waals surface area contributed by atoms with Crippen LogP contribution in [0.3, 0.4) is 0 Å². The SMILES string of the molecule is c1ccc2cc3c(cc2c1)c1cc2ccccc2cc1n3-c1cc(-c2nc(-c3cccc4oc5ccccc5c34)nc(-c3cccc4sc5ccccc5c34)n2)c2oc3ccccc3c2c1. The monoisotopic (exact) mass is 860 g/mol. The summed E-state index contributed by atoms with van der Waals surface area (Å²) in [5, 5.41) is 13.4. The van der Waals surface area contributed by atoms with Crippen molar-refractivity contribution in [2.75, 3.05) is 0 Å². The van der Waals surface area contributed by atoms with Crippen LogP contribution in [0.5, 0.6) is 0 Å². The third kappa shape index (κ3) is 5.14. The first-order valence-electron chi connectivity index (χ1n) is 22.1. The molecular weight excluding hydrogens is 829 g/mol. The summed E-state index contributed by atoms with van der Waals surface area (Å²) < 4.78 is 18.1. The molecule has 5 aromatic heterocycles. The Morgan fingerprint density at radius 3 is 1.56 bits per heavy atom. The number of rotatable bonds is 4. The second-order valence-corrected chi connectivity index (χ2v) is 18.2. The van der Waals surface area contributed by atoms with Crippen LogP contribution in [0.15, 0.2) is 203 Å². The number of benzene rings is 10. The molecule has 0 radical (unpaired) electrons. The smallest absolute Gasteiger partial charge is 0.167 e. The lowest BCUT2D eigenvalue weighted by Gasteiger charge is -2.13.